The predicted octanol–water partition coefficient (Wildman–Crippen LogP) is 3.01. The molecule has 3 radical (unpaired) electrons. The highest BCUT2D eigenvalue weighted by Crippen LogP contribution is 2.31. The topological polar surface area (TPSA) is 35.2 Å². The molecule has 2 aromatic carbocycles. The van der Waals surface area contributed by atoms with Gasteiger partial charge < -0.3 is 10.5 Å². The molecule has 0 saturated heterocycles. The van der Waals surface area contributed by atoms with E-state index in [-0.39, 0.29) is 5.92 Å². The monoisotopic (exact) mass is 304 g/mol. The van der Waals surface area contributed by atoms with Gasteiger partial charge in [0.1, 0.15) is 0 Å². The van der Waals surface area contributed by atoms with Crippen LogP contribution < -0.4 is 10.9 Å². The smallest absolute Gasteiger partial charge is 0.0985 e. The van der Waals surface area contributed by atoms with E-state index in [9.17, 15) is 0 Å². The predicted molar refractivity (Wildman–Crippen MR) is 92.0 cm³/mol. The van der Waals surface area contributed by atoms with Crippen molar-refractivity contribution in [1.82, 2.24) is 0 Å². The van der Waals surface area contributed by atoms with E-state index in [1.54, 1.807) is 7.11 Å². The zero-order valence-corrected chi connectivity index (χ0v) is 13.5. The van der Waals surface area contributed by atoms with E-state index in [0.717, 1.165) is 23.1 Å². The number of nitrogens with two attached hydrogens (primary N) is 1. The highest BCUT2D eigenvalue weighted by molar-refractivity contribution is 6.35. The van der Waals surface area contributed by atoms with Gasteiger partial charge in [-0.3, -0.25) is 0 Å². The van der Waals surface area contributed by atoms with Gasteiger partial charge in [-0.25, -0.2) is 0 Å². The average molecular weight is 304 g/mol. The average Bonchev–Trinajstić information content (AvgIpc) is 2.55. The third-order valence-corrected chi connectivity index (χ3v) is 4.42. The second kappa shape index (κ2) is 6.24. The fraction of sp³-hybridized carbons (Fsp3) is 0.158. The molecule has 109 valence electrons. The van der Waals surface area contributed by atoms with Gasteiger partial charge in [0.05, 0.1) is 23.1 Å². The molecule has 0 bridgehead atoms. The fourth-order valence-electron chi connectivity index (χ4n) is 2.80. The maximum atomic E-state index is 5.97. The summed E-state index contributed by atoms with van der Waals surface area (Å²) in [5.74, 6) is 1.20. The largest absolute Gasteiger partial charge is 0.501 e. The summed E-state index contributed by atoms with van der Waals surface area (Å²) < 4.78 is 5.36. The molecule has 0 aliphatic heterocycles. The molecule has 1 unspecified atom stereocenters. The molecular formula is C19H18NOSi. The van der Waals surface area contributed by atoms with Gasteiger partial charge >= 0.3 is 0 Å². The molecule has 2 aromatic rings. The Balaban J connectivity index is 1.87. The third kappa shape index (κ3) is 2.99. The van der Waals surface area contributed by atoms with Crippen molar-refractivity contribution in [2.45, 2.75) is 12.3 Å². The lowest BCUT2D eigenvalue weighted by molar-refractivity contribution is 0.271. The van der Waals surface area contributed by atoms with E-state index >= 15 is 0 Å². The van der Waals surface area contributed by atoms with Gasteiger partial charge in [0.2, 0.25) is 0 Å². The molecule has 1 aliphatic carbocycles. The number of allylic oxidation sites excluding steroid dienone is 3. The summed E-state index contributed by atoms with van der Waals surface area (Å²) in [6.07, 6.45) is 4.84. The van der Waals surface area contributed by atoms with Crippen LogP contribution in [0.1, 0.15) is 17.9 Å². The van der Waals surface area contributed by atoms with Gasteiger partial charge in [-0.1, -0.05) is 59.8 Å². The Morgan fingerprint density at radius 3 is 2.50 bits per heavy atom. The van der Waals surface area contributed by atoms with Gasteiger partial charge in [-0.05, 0) is 22.8 Å². The van der Waals surface area contributed by atoms with Crippen molar-refractivity contribution in [3.8, 4) is 11.1 Å². The molecule has 3 rings (SSSR count). The third-order valence-electron chi connectivity index (χ3n) is 3.98. The van der Waals surface area contributed by atoms with Crippen LogP contribution in [0.2, 0.25) is 0 Å². The molecule has 0 heterocycles. The lowest BCUT2D eigenvalue weighted by atomic mass is 9.89. The molecule has 0 fully saturated rings. The maximum absolute atomic E-state index is 5.97. The summed E-state index contributed by atoms with van der Waals surface area (Å²) in [6.45, 7) is 0. The summed E-state index contributed by atoms with van der Waals surface area (Å²) in [5.41, 5.74) is 10.4. The van der Waals surface area contributed by atoms with Crippen LogP contribution in [0.4, 0.5) is 0 Å². The molecule has 1 aliphatic rings. The Bertz CT molecular complexity index is 731. The van der Waals surface area contributed by atoms with Crippen molar-refractivity contribution >= 4 is 15.4 Å². The van der Waals surface area contributed by atoms with Crippen molar-refractivity contribution < 1.29 is 4.74 Å². The molecule has 0 amide bonds. The Labute approximate surface area is 134 Å². The van der Waals surface area contributed by atoms with Crippen LogP contribution in [0.25, 0.3) is 11.1 Å². The van der Waals surface area contributed by atoms with Crippen LogP contribution in [0.5, 0.6) is 0 Å². The first-order chi connectivity index (χ1) is 10.7. The summed E-state index contributed by atoms with van der Waals surface area (Å²) in [7, 11) is 5.35. The molecule has 0 saturated carbocycles. The van der Waals surface area contributed by atoms with Crippen molar-refractivity contribution in [2.24, 2.45) is 5.73 Å². The normalized spacial score (nSPS) is 17.6. The van der Waals surface area contributed by atoms with Crippen LogP contribution in [0.15, 0.2) is 72.1 Å². The summed E-state index contributed by atoms with van der Waals surface area (Å²) in [6, 6.07) is 16.9. The van der Waals surface area contributed by atoms with Crippen LogP contribution in [0, 0.1) is 0 Å². The van der Waals surface area contributed by atoms with E-state index in [1.807, 2.05) is 18.2 Å². The zero-order chi connectivity index (χ0) is 15.5. The van der Waals surface area contributed by atoms with Gasteiger partial charge in [0, 0.05) is 18.0 Å². The number of ether oxygens (including phenoxy) is 1. The Hall–Kier alpha value is -2.26. The number of hydrogen-bond donors (Lipinski definition) is 1. The second-order valence-electron chi connectivity index (χ2n) is 5.46. The summed E-state index contributed by atoms with van der Waals surface area (Å²) >= 11 is 0. The van der Waals surface area contributed by atoms with Gasteiger partial charge in [0.25, 0.3) is 0 Å². The van der Waals surface area contributed by atoms with Crippen LogP contribution in [0.3, 0.4) is 0 Å². The van der Waals surface area contributed by atoms with E-state index in [4.69, 9.17) is 10.5 Å². The minimum Gasteiger partial charge on any atom is -0.501 e. The van der Waals surface area contributed by atoms with Crippen LogP contribution >= 0.6 is 0 Å². The van der Waals surface area contributed by atoms with Crippen LogP contribution in [-0.2, 0) is 4.74 Å². The second-order valence-corrected chi connectivity index (χ2v) is 6.00. The maximum Gasteiger partial charge on any atom is 0.0985 e. The lowest BCUT2D eigenvalue weighted by Gasteiger charge is -2.20. The zero-order valence-electron chi connectivity index (χ0n) is 12.5. The SMILES string of the molecule is COC1=CC(N)=CC(c2ccc(-c3ccccc3[Si])cc2)C1. The standard InChI is InChI=1S/C19H18NOSi/c1-21-17-11-15(10-16(20)12-17)13-6-8-14(9-7-13)18-4-2-3-5-19(18)22/h2-10,12,15H,11,20H2,1H3. The first kappa shape index (κ1) is 14.7. The van der Waals surface area contributed by atoms with E-state index in [2.05, 4.69) is 52.7 Å². The van der Waals surface area contributed by atoms with Crippen molar-refractivity contribution in [1.29, 1.82) is 0 Å². The Morgan fingerprint density at radius 2 is 1.82 bits per heavy atom. The number of hydrogen-bond acceptors (Lipinski definition) is 2. The van der Waals surface area contributed by atoms with Gasteiger partial charge in [-0.2, -0.15) is 0 Å². The van der Waals surface area contributed by atoms with E-state index < -0.39 is 0 Å². The van der Waals surface area contributed by atoms with Gasteiger partial charge in [-0.15, -0.1) is 0 Å². The first-order valence-electron chi connectivity index (χ1n) is 7.30. The molecule has 2 nitrogen and oxygen atoms in total. The molecule has 0 aromatic heterocycles. The first-order valence-corrected chi connectivity index (χ1v) is 7.80. The molecule has 2 N–H and O–H groups in total. The molecule has 0 spiro atoms. The van der Waals surface area contributed by atoms with Crippen molar-refractivity contribution in [2.75, 3.05) is 7.11 Å². The quantitative estimate of drug-likeness (QED) is 0.885. The van der Waals surface area contributed by atoms with Crippen molar-refractivity contribution in [3.05, 3.63) is 77.7 Å². The highest BCUT2D eigenvalue weighted by atomic mass is 28.1. The lowest BCUT2D eigenvalue weighted by Crippen LogP contribution is -2.09. The van der Waals surface area contributed by atoms with Crippen LogP contribution in [-0.4, -0.2) is 17.4 Å². The Morgan fingerprint density at radius 1 is 1.09 bits per heavy atom. The fourth-order valence-corrected chi connectivity index (χ4v) is 3.13. The molecule has 22 heavy (non-hydrogen) atoms. The Kier molecular flexibility index (Phi) is 4.16. The minimum absolute atomic E-state index is 0.271. The number of benzene rings is 2. The number of methoxy groups -OCH3 is 1. The van der Waals surface area contributed by atoms with E-state index in [0.29, 0.717) is 0 Å². The van der Waals surface area contributed by atoms with E-state index in [1.165, 1.54) is 16.7 Å². The minimum atomic E-state index is 0.271. The highest BCUT2D eigenvalue weighted by Gasteiger charge is 2.16. The van der Waals surface area contributed by atoms with Crippen molar-refractivity contribution in [3.63, 3.8) is 0 Å². The number of rotatable bonds is 3. The van der Waals surface area contributed by atoms with Gasteiger partial charge in [0.15, 0.2) is 0 Å². The summed E-state index contributed by atoms with van der Waals surface area (Å²) in [5, 5.41) is 1.10. The molecular weight excluding hydrogens is 286 g/mol. The summed E-state index contributed by atoms with van der Waals surface area (Å²) in [4.78, 5) is 0. The molecule has 3 heteroatoms. The molecule has 1 atom stereocenters.